The number of hydrogen-bond donors (Lipinski definition) is 1. The molecule has 3 aromatic rings. The first kappa shape index (κ1) is 13.7. The number of H-pyrrole nitrogens is 1. The maximum absolute atomic E-state index is 13.9. The highest BCUT2D eigenvalue weighted by atomic mass is 35.5. The van der Waals surface area contributed by atoms with Crippen LogP contribution in [0.3, 0.4) is 0 Å². The second-order valence-electron chi connectivity index (χ2n) is 4.47. The van der Waals surface area contributed by atoms with Gasteiger partial charge in [0.15, 0.2) is 17.9 Å². The van der Waals surface area contributed by atoms with Crippen LogP contribution >= 0.6 is 11.6 Å². The summed E-state index contributed by atoms with van der Waals surface area (Å²) >= 11 is 5.77. The minimum absolute atomic E-state index is 0.0845. The first-order valence-corrected chi connectivity index (χ1v) is 6.30. The van der Waals surface area contributed by atoms with Gasteiger partial charge in [-0.3, -0.25) is 4.79 Å². The van der Waals surface area contributed by atoms with Crippen LogP contribution < -0.4 is 0 Å². The van der Waals surface area contributed by atoms with E-state index in [0.717, 1.165) is 18.2 Å². The molecule has 0 fully saturated rings. The molecule has 3 rings (SSSR count). The maximum atomic E-state index is 13.9. The lowest BCUT2D eigenvalue weighted by molar-refractivity contribution is 0.112. The Morgan fingerprint density at radius 2 is 1.76 bits per heavy atom. The second-order valence-corrected chi connectivity index (χ2v) is 4.91. The van der Waals surface area contributed by atoms with Gasteiger partial charge in [-0.2, -0.15) is 0 Å². The fraction of sp³-hybridized carbons (Fsp3) is 0. The molecule has 21 heavy (non-hydrogen) atoms. The van der Waals surface area contributed by atoms with E-state index in [2.05, 4.69) is 4.98 Å². The molecule has 0 saturated carbocycles. The summed E-state index contributed by atoms with van der Waals surface area (Å²) in [4.78, 5) is 14.0. The molecule has 1 aromatic heterocycles. The van der Waals surface area contributed by atoms with Crippen LogP contribution in [-0.2, 0) is 0 Å². The maximum Gasteiger partial charge on any atom is 0.159 e. The Hall–Kier alpha value is -2.27. The largest absolute Gasteiger partial charge is 0.352 e. The topological polar surface area (TPSA) is 32.9 Å². The van der Waals surface area contributed by atoms with Crippen molar-refractivity contribution in [2.75, 3.05) is 0 Å². The molecule has 0 radical (unpaired) electrons. The fourth-order valence-corrected chi connectivity index (χ4v) is 2.45. The van der Waals surface area contributed by atoms with Gasteiger partial charge in [-0.05, 0) is 30.3 Å². The van der Waals surface area contributed by atoms with Crippen molar-refractivity contribution >= 4 is 28.8 Å². The van der Waals surface area contributed by atoms with E-state index < -0.39 is 17.5 Å². The number of aromatic amines is 1. The normalized spacial score (nSPS) is 11.0. The van der Waals surface area contributed by atoms with Gasteiger partial charge in [-0.1, -0.05) is 11.6 Å². The van der Waals surface area contributed by atoms with Crippen LogP contribution in [0, 0.1) is 17.5 Å². The Bertz CT molecular complexity index is 873. The van der Waals surface area contributed by atoms with Crippen molar-refractivity contribution in [3.05, 3.63) is 58.4 Å². The number of rotatable bonds is 2. The van der Waals surface area contributed by atoms with E-state index in [9.17, 15) is 18.0 Å². The molecule has 0 aliphatic rings. The van der Waals surface area contributed by atoms with E-state index in [1.807, 2.05) is 0 Å². The average Bonchev–Trinajstić information content (AvgIpc) is 2.80. The Morgan fingerprint density at radius 3 is 2.43 bits per heavy atom. The molecule has 0 atom stereocenters. The predicted molar refractivity (Wildman–Crippen MR) is 74.0 cm³/mol. The highest BCUT2D eigenvalue weighted by Gasteiger charge is 2.17. The van der Waals surface area contributed by atoms with Gasteiger partial charge in [0.2, 0.25) is 0 Å². The Kier molecular flexibility index (Phi) is 3.22. The lowest BCUT2D eigenvalue weighted by Gasteiger charge is -2.01. The molecule has 0 saturated heterocycles. The molecule has 2 nitrogen and oxygen atoms in total. The first-order valence-electron chi connectivity index (χ1n) is 5.92. The van der Waals surface area contributed by atoms with E-state index in [1.54, 1.807) is 0 Å². The SMILES string of the molecule is O=Cc1c(-c2ccc(F)c(F)c2)[nH]c2c(F)cc(Cl)cc12. The van der Waals surface area contributed by atoms with Crippen molar-refractivity contribution in [2.45, 2.75) is 0 Å². The summed E-state index contributed by atoms with van der Waals surface area (Å²) in [5.74, 6) is -2.69. The molecule has 1 heterocycles. The summed E-state index contributed by atoms with van der Waals surface area (Å²) in [6.07, 6.45) is 0.519. The average molecular weight is 310 g/mol. The van der Waals surface area contributed by atoms with Crippen molar-refractivity contribution in [1.29, 1.82) is 0 Å². The zero-order chi connectivity index (χ0) is 15.1. The summed E-state index contributed by atoms with van der Waals surface area (Å²) in [6.45, 7) is 0. The summed E-state index contributed by atoms with van der Waals surface area (Å²) in [7, 11) is 0. The molecule has 2 aromatic carbocycles. The number of halogens is 4. The molecule has 106 valence electrons. The second kappa shape index (κ2) is 4.93. The number of carbonyl (C=O) groups excluding carboxylic acids is 1. The molecule has 0 spiro atoms. The molecular weight excluding hydrogens is 303 g/mol. The summed E-state index contributed by atoms with van der Waals surface area (Å²) in [5, 5.41) is 0.425. The third kappa shape index (κ3) is 2.19. The van der Waals surface area contributed by atoms with E-state index in [4.69, 9.17) is 11.6 Å². The number of aromatic nitrogens is 1. The standard InChI is InChI=1S/C15H7ClF3NO/c16-8-4-9-10(6-21)14(20-15(9)13(19)5-8)7-1-2-11(17)12(18)3-7/h1-6,20H. The summed E-state index contributed by atoms with van der Waals surface area (Å²) < 4.78 is 40.2. The zero-order valence-corrected chi connectivity index (χ0v) is 11.1. The van der Waals surface area contributed by atoms with Gasteiger partial charge in [0.25, 0.3) is 0 Å². The monoisotopic (exact) mass is 309 g/mol. The lowest BCUT2D eigenvalue weighted by atomic mass is 10.1. The quantitative estimate of drug-likeness (QED) is 0.683. The molecule has 6 heteroatoms. The van der Waals surface area contributed by atoms with Gasteiger partial charge in [-0.25, -0.2) is 13.2 Å². The first-order chi connectivity index (χ1) is 10.0. The van der Waals surface area contributed by atoms with E-state index in [0.29, 0.717) is 6.29 Å². The molecule has 1 N–H and O–H groups in total. The zero-order valence-electron chi connectivity index (χ0n) is 10.4. The van der Waals surface area contributed by atoms with Crippen molar-refractivity contribution in [1.82, 2.24) is 4.98 Å². The van der Waals surface area contributed by atoms with Crippen molar-refractivity contribution in [3.63, 3.8) is 0 Å². The highest BCUT2D eigenvalue weighted by Crippen LogP contribution is 2.33. The molecule has 0 aliphatic carbocycles. The third-order valence-corrected chi connectivity index (χ3v) is 3.41. The van der Waals surface area contributed by atoms with Crippen molar-refractivity contribution < 1.29 is 18.0 Å². The van der Waals surface area contributed by atoms with Gasteiger partial charge < -0.3 is 4.98 Å². The van der Waals surface area contributed by atoms with Crippen LogP contribution in [0.5, 0.6) is 0 Å². The van der Waals surface area contributed by atoms with Gasteiger partial charge in [0.1, 0.15) is 5.82 Å². The minimum atomic E-state index is -1.05. The van der Waals surface area contributed by atoms with Crippen LogP contribution in [0.4, 0.5) is 13.2 Å². The van der Waals surface area contributed by atoms with E-state index >= 15 is 0 Å². The Labute approximate surface area is 122 Å². The predicted octanol–water partition coefficient (Wildman–Crippen LogP) is 4.72. The number of hydrogen-bond acceptors (Lipinski definition) is 1. The van der Waals surface area contributed by atoms with E-state index in [1.165, 1.54) is 12.1 Å². The number of benzene rings is 2. The number of carbonyl (C=O) groups is 1. The highest BCUT2D eigenvalue weighted by molar-refractivity contribution is 6.31. The molecular formula is C15H7ClF3NO. The van der Waals surface area contributed by atoms with Gasteiger partial charge in [0.05, 0.1) is 11.2 Å². The minimum Gasteiger partial charge on any atom is -0.352 e. The number of aldehydes is 1. The van der Waals surface area contributed by atoms with Crippen molar-refractivity contribution in [2.24, 2.45) is 0 Å². The molecule has 0 amide bonds. The smallest absolute Gasteiger partial charge is 0.159 e. The van der Waals surface area contributed by atoms with Crippen LogP contribution in [0.1, 0.15) is 10.4 Å². The van der Waals surface area contributed by atoms with Gasteiger partial charge >= 0.3 is 0 Å². The molecule has 0 unspecified atom stereocenters. The number of nitrogens with one attached hydrogen (secondary N) is 1. The van der Waals surface area contributed by atoms with Crippen LogP contribution in [-0.4, -0.2) is 11.3 Å². The van der Waals surface area contributed by atoms with E-state index in [-0.39, 0.29) is 32.7 Å². The number of fused-ring (bicyclic) bond motifs is 1. The Morgan fingerprint density at radius 1 is 1.00 bits per heavy atom. The van der Waals surface area contributed by atoms with Crippen LogP contribution in [0.15, 0.2) is 30.3 Å². The summed E-state index contributed by atoms with van der Waals surface area (Å²) in [6, 6.07) is 5.71. The lowest BCUT2D eigenvalue weighted by Crippen LogP contribution is -1.88. The molecule has 0 aliphatic heterocycles. The van der Waals surface area contributed by atoms with Gasteiger partial charge in [-0.15, -0.1) is 0 Å². The third-order valence-electron chi connectivity index (χ3n) is 3.19. The van der Waals surface area contributed by atoms with Crippen LogP contribution in [0.2, 0.25) is 5.02 Å². The fourth-order valence-electron chi connectivity index (χ4n) is 2.24. The van der Waals surface area contributed by atoms with Crippen molar-refractivity contribution in [3.8, 4) is 11.3 Å². The molecule has 0 bridgehead atoms. The van der Waals surface area contributed by atoms with Crippen LogP contribution in [0.25, 0.3) is 22.2 Å². The Balaban J connectivity index is 2.34. The van der Waals surface area contributed by atoms with Gasteiger partial charge in [0, 0.05) is 21.5 Å². The summed E-state index contributed by atoms with van der Waals surface area (Å²) in [5.41, 5.74) is 0.668.